The maximum atomic E-state index is 13.7. The highest BCUT2D eigenvalue weighted by Gasteiger charge is 2.43. The smallest absolute Gasteiger partial charge is 0.262 e. The third-order valence-electron chi connectivity index (χ3n) is 6.40. The predicted molar refractivity (Wildman–Crippen MR) is 141 cm³/mol. The van der Waals surface area contributed by atoms with Crippen LogP contribution in [-0.4, -0.2) is 68.2 Å². The van der Waals surface area contributed by atoms with E-state index in [4.69, 9.17) is 14.2 Å². The molecule has 0 aliphatic carbocycles. The van der Waals surface area contributed by atoms with Gasteiger partial charge in [0, 0.05) is 25.2 Å². The Hall–Kier alpha value is -3.59. The van der Waals surface area contributed by atoms with Crippen LogP contribution in [0.3, 0.4) is 0 Å². The van der Waals surface area contributed by atoms with Gasteiger partial charge in [-0.15, -0.1) is 0 Å². The highest BCUT2D eigenvalue weighted by Crippen LogP contribution is 2.40. The summed E-state index contributed by atoms with van der Waals surface area (Å²) in [6.45, 7) is 11.2. The first kappa shape index (κ1) is 26.5. The largest absolute Gasteiger partial charge is 0.492 e. The van der Waals surface area contributed by atoms with Gasteiger partial charge in [0.1, 0.15) is 17.5 Å². The zero-order valence-electron chi connectivity index (χ0n) is 21.9. The van der Waals surface area contributed by atoms with Crippen molar-refractivity contribution >= 4 is 29.1 Å². The molecule has 1 fully saturated rings. The summed E-state index contributed by atoms with van der Waals surface area (Å²) in [5.74, 6) is -0.191. The molecule has 9 nitrogen and oxygen atoms in total. The van der Waals surface area contributed by atoms with Crippen molar-refractivity contribution in [3.63, 3.8) is 0 Å². The highest BCUT2D eigenvalue weighted by molar-refractivity contribution is 6.23. The first-order valence-corrected chi connectivity index (χ1v) is 12.9. The zero-order chi connectivity index (χ0) is 26.5. The van der Waals surface area contributed by atoms with Crippen molar-refractivity contribution in [1.82, 2.24) is 4.90 Å². The lowest BCUT2D eigenvalue weighted by Crippen LogP contribution is -2.48. The minimum Gasteiger partial charge on any atom is -0.492 e. The van der Waals surface area contributed by atoms with Crippen molar-refractivity contribution in [1.29, 1.82) is 0 Å². The van der Waals surface area contributed by atoms with Crippen molar-refractivity contribution in [3.8, 4) is 11.5 Å². The summed E-state index contributed by atoms with van der Waals surface area (Å²) in [6, 6.07) is 9.31. The van der Waals surface area contributed by atoms with Gasteiger partial charge in [0.2, 0.25) is 5.91 Å². The summed E-state index contributed by atoms with van der Waals surface area (Å²) < 4.78 is 17.3. The number of fused-ring (bicyclic) bond motifs is 1. The van der Waals surface area contributed by atoms with Gasteiger partial charge in [-0.3, -0.25) is 19.3 Å². The highest BCUT2D eigenvalue weighted by atomic mass is 16.5. The number of benzene rings is 2. The SMILES string of the molecule is CCOc1cc(N2CCOCC2)c(OCC)cc1NC(=O)C(CC(C)C)N1C(=O)c2ccccc2C1=O. The van der Waals surface area contributed by atoms with E-state index >= 15 is 0 Å². The quantitative estimate of drug-likeness (QED) is 0.484. The summed E-state index contributed by atoms with van der Waals surface area (Å²) in [5, 5.41) is 2.94. The standard InChI is InChI=1S/C28H35N3O6/c1-5-36-24-17-22(30-11-13-35-14-12-30)25(37-6-2)16-21(24)29-26(32)23(15-18(3)4)31-27(33)19-9-7-8-10-20(19)28(31)34/h7-10,16-18,23H,5-6,11-15H2,1-4H3,(H,29,32). The molecule has 4 rings (SSSR count). The fourth-order valence-electron chi connectivity index (χ4n) is 4.73. The second-order valence-electron chi connectivity index (χ2n) is 9.44. The van der Waals surface area contributed by atoms with Gasteiger partial charge in [0.25, 0.3) is 11.8 Å². The van der Waals surface area contributed by atoms with Gasteiger partial charge in [-0.05, 0) is 38.3 Å². The second kappa shape index (κ2) is 11.6. The number of nitrogens with zero attached hydrogens (tertiary/aromatic N) is 2. The minimum atomic E-state index is -0.976. The van der Waals surface area contributed by atoms with Gasteiger partial charge < -0.3 is 24.4 Å². The molecule has 2 aromatic carbocycles. The average Bonchev–Trinajstić information content (AvgIpc) is 3.14. The molecule has 1 N–H and O–H groups in total. The molecule has 2 aromatic rings. The lowest BCUT2D eigenvalue weighted by Gasteiger charge is -2.31. The third-order valence-corrected chi connectivity index (χ3v) is 6.40. The number of ether oxygens (including phenoxy) is 3. The van der Waals surface area contributed by atoms with Crippen LogP contribution in [0.4, 0.5) is 11.4 Å². The molecule has 37 heavy (non-hydrogen) atoms. The van der Waals surface area contributed by atoms with Crippen LogP contribution in [0.1, 0.15) is 54.8 Å². The molecule has 0 saturated carbocycles. The molecule has 0 bridgehead atoms. The fourth-order valence-corrected chi connectivity index (χ4v) is 4.73. The van der Waals surface area contributed by atoms with E-state index < -0.39 is 23.8 Å². The molecule has 2 heterocycles. The topological polar surface area (TPSA) is 97.4 Å². The van der Waals surface area contributed by atoms with Crippen LogP contribution in [0.5, 0.6) is 11.5 Å². The molecule has 0 aromatic heterocycles. The molecular weight excluding hydrogens is 474 g/mol. The van der Waals surface area contributed by atoms with E-state index in [1.54, 1.807) is 30.3 Å². The normalized spacial score (nSPS) is 16.1. The Bertz CT molecular complexity index is 1120. The Morgan fingerprint density at radius 3 is 2.14 bits per heavy atom. The molecule has 2 aliphatic heterocycles. The van der Waals surface area contributed by atoms with E-state index in [9.17, 15) is 14.4 Å². The lowest BCUT2D eigenvalue weighted by molar-refractivity contribution is -0.120. The molecule has 0 radical (unpaired) electrons. The molecule has 3 amide bonds. The first-order chi connectivity index (χ1) is 17.8. The van der Waals surface area contributed by atoms with Gasteiger partial charge in [0.05, 0.1) is 48.9 Å². The summed E-state index contributed by atoms with van der Waals surface area (Å²) in [7, 11) is 0. The van der Waals surface area contributed by atoms with Gasteiger partial charge in [-0.1, -0.05) is 26.0 Å². The average molecular weight is 510 g/mol. The molecule has 2 aliphatic rings. The Labute approximate surface area is 217 Å². The third kappa shape index (κ3) is 5.56. The molecule has 1 saturated heterocycles. The zero-order valence-corrected chi connectivity index (χ0v) is 21.9. The van der Waals surface area contributed by atoms with Crippen molar-refractivity contribution in [3.05, 3.63) is 47.5 Å². The Balaban J connectivity index is 1.67. The summed E-state index contributed by atoms with van der Waals surface area (Å²) in [4.78, 5) is 43.3. The predicted octanol–water partition coefficient (Wildman–Crippen LogP) is 3.97. The van der Waals surface area contributed by atoms with Gasteiger partial charge >= 0.3 is 0 Å². The van der Waals surface area contributed by atoms with E-state index in [-0.39, 0.29) is 5.92 Å². The van der Waals surface area contributed by atoms with Crippen LogP contribution in [0.15, 0.2) is 36.4 Å². The first-order valence-electron chi connectivity index (χ1n) is 12.9. The molecule has 198 valence electrons. The number of nitrogens with one attached hydrogen (secondary N) is 1. The van der Waals surface area contributed by atoms with E-state index in [1.165, 1.54) is 0 Å². The molecular formula is C28H35N3O6. The van der Waals surface area contributed by atoms with E-state index in [0.29, 0.717) is 74.3 Å². The van der Waals surface area contributed by atoms with E-state index in [2.05, 4.69) is 10.2 Å². The number of carbonyl (C=O) groups is 3. The summed E-state index contributed by atoms with van der Waals surface area (Å²) in [6.07, 6.45) is 0.325. The van der Waals surface area contributed by atoms with E-state index in [0.717, 1.165) is 10.6 Å². The Kier molecular flexibility index (Phi) is 8.33. The van der Waals surface area contributed by atoms with Crippen LogP contribution >= 0.6 is 0 Å². The van der Waals surface area contributed by atoms with Crippen LogP contribution in [0.25, 0.3) is 0 Å². The summed E-state index contributed by atoms with van der Waals surface area (Å²) >= 11 is 0. The summed E-state index contributed by atoms with van der Waals surface area (Å²) in [5.41, 5.74) is 1.93. The van der Waals surface area contributed by atoms with Crippen molar-refractivity contribution in [2.45, 2.75) is 40.2 Å². The van der Waals surface area contributed by atoms with Crippen LogP contribution in [-0.2, 0) is 9.53 Å². The lowest BCUT2D eigenvalue weighted by atomic mass is 10.0. The van der Waals surface area contributed by atoms with E-state index in [1.807, 2.05) is 33.8 Å². The minimum absolute atomic E-state index is 0.0640. The van der Waals surface area contributed by atoms with Gasteiger partial charge in [-0.25, -0.2) is 0 Å². The number of rotatable bonds is 10. The number of anilines is 2. The Morgan fingerprint density at radius 1 is 0.973 bits per heavy atom. The number of imide groups is 1. The van der Waals surface area contributed by atoms with Crippen LogP contribution in [0, 0.1) is 5.92 Å². The maximum Gasteiger partial charge on any atom is 0.262 e. The molecule has 1 unspecified atom stereocenters. The molecule has 0 spiro atoms. The monoisotopic (exact) mass is 509 g/mol. The van der Waals surface area contributed by atoms with Crippen molar-refractivity contribution < 1.29 is 28.6 Å². The number of amides is 3. The second-order valence-corrected chi connectivity index (χ2v) is 9.44. The maximum absolute atomic E-state index is 13.7. The number of hydrogen-bond acceptors (Lipinski definition) is 7. The van der Waals surface area contributed by atoms with Gasteiger partial charge in [-0.2, -0.15) is 0 Å². The number of carbonyl (C=O) groups excluding carboxylic acids is 3. The molecule has 9 heteroatoms. The molecule has 1 atom stereocenters. The van der Waals surface area contributed by atoms with Crippen LogP contribution < -0.4 is 19.7 Å². The number of morpholine rings is 1. The fraction of sp³-hybridized carbons (Fsp3) is 0.464. The van der Waals surface area contributed by atoms with Crippen molar-refractivity contribution in [2.75, 3.05) is 49.7 Å². The Morgan fingerprint density at radius 2 is 1.57 bits per heavy atom. The number of hydrogen-bond donors (Lipinski definition) is 1. The van der Waals surface area contributed by atoms with Crippen molar-refractivity contribution in [2.24, 2.45) is 5.92 Å². The van der Waals surface area contributed by atoms with Crippen LogP contribution in [0.2, 0.25) is 0 Å². The van der Waals surface area contributed by atoms with Gasteiger partial charge in [0.15, 0.2) is 0 Å².